The molecule has 3 nitrogen and oxygen atoms in total. The van der Waals surface area contributed by atoms with Gasteiger partial charge in [0.05, 0.1) is 11.4 Å². The second-order valence-electron chi connectivity index (χ2n) is 6.31. The largest absolute Gasteiger partial charge is 0.382 e. The van der Waals surface area contributed by atoms with Crippen LogP contribution in [0.25, 0.3) is 0 Å². The summed E-state index contributed by atoms with van der Waals surface area (Å²) in [5.41, 5.74) is 4.15. The highest BCUT2D eigenvalue weighted by molar-refractivity contribution is 5.32. The molecule has 20 heavy (non-hydrogen) atoms. The van der Waals surface area contributed by atoms with Crippen LogP contribution in [0, 0.1) is 0 Å². The normalized spacial score (nSPS) is 13.5. The Kier molecular flexibility index (Phi) is 4.00. The Morgan fingerprint density at radius 3 is 2.25 bits per heavy atom. The van der Waals surface area contributed by atoms with Crippen LogP contribution >= 0.6 is 0 Å². The van der Waals surface area contributed by atoms with Crippen molar-refractivity contribution < 1.29 is 5.11 Å². The molecule has 1 N–H and O–H groups in total. The summed E-state index contributed by atoms with van der Waals surface area (Å²) in [6.07, 6.45) is 0.255. The lowest BCUT2D eigenvalue weighted by Gasteiger charge is -2.20. The van der Waals surface area contributed by atoms with E-state index in [0.717, 1.165) is 23.4 Å². The fourth-order valence-electron chi connectivity index (χ4n) is 2.31. The monoisotopic (exact) mass is 272 g/mol. The predicted molar refractivity (Wildman–Crippen MR) is 81.8 cm³/mol. The molecule has 0 aliphatic carbocycles. The van der Waals surface area contributed by atoms with Crippen molar-refractivity contribution in [3.63, 3.8) is 0 Å². The molecule has 1 aromatic carbocycles. The van der Waals surface area contributed by atoms with E-state index >= 15 is 0 Å². The molecule has 108 valence electrons. The second kappa shape index (κ2) is 5.41. The highest BCUT2D eigenvalue weighted by Crippen LogP contribution is 2.26. The number of nitrogens with zero attached hydrogens (tertiary/aromatic N) is 2. The van der Waals surface area contributed by atoms with Crippen molar-refractivity contribution in [1.29, 1.82) is 0 Å². The summed E-state index contributed by atoms with van der Waals surface area (Å²) in [5.74, 6) is 0. The van der Waals surface area contributed by atoms with Crippen molar-refractivity contribution in [2.45, 2.75) is 45.6 Å². The fourth-order valence-corrected chi connectivity index (χ4v) is 2.31. The van der Waals surface area contributed by atoms with Crippen LogP contribution in [0.15, 0.2) is 30.3 Å². The highest BCUT2D eigenvalue weighted by Gasteiger charge is 2.18. The van der Waals surface area contributed by atoms with Crippen LogP contribution in [-0.4, -0.2) is 14.9 Å². The van der Waals surface area contributed by atoms with Crippen LogP contribution in [0.1, 0.15) is 56.3 Å². The van der Waals surface area contributed by atoms with Crippen LogP contribution in [-0.2, 0) is 18.9 Å². The lowest BCUT2D eigenvalue weighted by molar-refractivity contribution is 0.209. The molecule has 0 aliphatic heterocycles. The molecule has 2 aromatic rings. The quantitative estimate of drug-likeness (QED) is 0.930. The number of aromatic nitrogens is 2. The lowest BCUT2D eigenvalue weighted by Crippen LogP contribution is -2.11. The summed E-state index contributed by atoms with van der Waals surface area (Å²) in [6, 6.07) is 10.2. The zero-order valence-electron chi connectivity index (χ0n) is 13.0. The molecular formula is C17H24N2O. The van der Waals surface area contributed by atoms with Gasteiger partial charge >= 0.3 is 0 Å². The van der Waals surface area contributed by atoms with Crippen LogP contribution in [0.4, 0.5) is 0 Å². The molecule has 0 spiro atoms. The first kappa shape index (κ1) is 14.8. The fraction of sp³-hybridized carbons (Fsp3) is 0.471. The van der Waals surface area contributed by atoms with E-state index in [1.165, 1.54) is 5.56 Å². The molecule has 0 saturated carbocycles. The third kappa shape index (κ3) is 2.93. The van der Waals surface area contributed by atoms with Gasteiger partial charge in [0.1, 0.15) is 6.10 Å². The van der Waals surface area contributed by atoms with E-state index in [4.69, 9.17) is 0 Å². The number of aliphatic hydroxyl groups is 1. The van der Waals surface area contributed by atoms with Crippen molar-refractivity contribution in [2.24, 2.45) is 7.05 Å². The molecule has 1 heterocycles. The smallest absolute Gasteiger partial charge is 0.121 e. The molecule has 0 amide bonds. The molecule has 1 unspecified atom stereocenters. The molecule has 2 rings (SSSR count). The predicted octanol–water partition coefficient (Wildman–Crippen LogP) is 3.36. The summed E-state index contributed by atoms with van der Waals surface area (Å²) in [7, 11) is 1.88. The van der Waals surface area contributed by atoms with E-state index < -0.39 is 6.10 Å². The van der Waals surface area contributed by atoms with Gasteiger partial charge in [0.2, 0.25) is 0 Å². The summed E-state index contributed by atoms with van der Waals surface area (Å²) >= 11 is 0. The van der Waals surface area contributed by atoms with Crippen molar-refractivity contribution in [1.82, 2.24) is 9.78 Å². The van der Waals surface area contributed by atoms with Gasteiger partial charge in [-0.3, -0.25) is 4.68 Å². The van der Waals surface area contributed by atoms with Crippen molar-refractivity contribution >= 4 is 0 Å². The Morgan fingerprint density at radius 1 is 1.20 bits per heavy atom. The van der Waals surface area contributed by atoms with Crippen molar-refractivity contribution in [3.8, 4) is 0 Å². The minimum absolute atomic E-state index is 0.130. The van der Waals surface area contributed by atoms with E-state index in [1.807, 2.05) is 25.2 Å². The van der Waals surface area contributed by atoms with Gasteiger partial charge in [-0.25, -0.2) is 0 Å². The molecule has 0 bridgehead atoms. The molecular weight excluding hydrogens is 248 g/mol. The van der Waals surface area contributed by atoms with Crippen LogP contribution in [0.3, 0.4) is 0 Å². The number of aliphatic hydroxyl groups excluding tert-OH is 1. The average Bonchev–Trinajstić information content (AvgIpc) is 2.78. The van der Waals surface area contributed by atoms with E-state index in [9.17, 15) is 5.11 Å². The number of hydrogen-bond acceptors (Lipinski definition) is 2. The minimum Gasteiger partial charge on any atom is -0.382 e. The maximum Gasteiger partial charge on any atom is 0.121 e. The summed E-state index contributed by atoms with van der Waals surface area (Å²) < 4.78 is 1.77. The maximum atomic E-state index is 10.5. The number of rotatable bonds is 3. The molecule has 0 saturated heterocycles. The number of benzene rings is 1. The molecule has 0 aliphatic rings. The second-order valence-corrected chi connectivity index (χ2v) is 6.31. The number of hydrogen-bond donors (Lipinski definition) is 1. The first-order valence-electron chi connectivity index (χ1n) is 7.14. The Labute approximate surface area is 121 Å². The van der Waals surface area contributed by atoms with Gasteiger partial charge in [-0.1, -0.05) is 52.0 Å². The Hall–Kier alpha value is -1.61. The van der Waals surface area contributed by atoms with Gasteiger partial charge in [-0.2, -0.15) is 5.10 Å². The van der Waals surface area contributed by atoms with Gasteiger partial charge in [-0.05, 0) is 29.0 Å². The first-order valence-corrected chi connectivity index (χ1v) is 7.14. The summed E-state index contributed by atoms with van der Waals surface area (Å²) in [6.45, 7) is 8.63. The molecule has 0 radical (unpaired) electrons. The molecule has 3 heteroatoms. The zero-order chi connectivity index (χ0) is 14.9. The van der Waals surface area contributed by atoms with Gasteiger partial charge < -0.3 is 5.11 Å². The molecule has 1 aromatic heterocycles. The van der Waals surface area contributed by atoms with Gasteiger partial charge in [0.15, 0.2) is 0 Å². The Balaban J connectivity index is 2.29. The Bertz CT molecular complexity index is 576. The van der Waals surface area contributed by atoms with Gasteiger partial charge in [-0.15, -0.1) is 0 Å². The van der Waals surface area contributed by atoms with Crippen LogP contribution in [0.5, 0.6) is 0 Å². The average molecular weight is 272 g/mol. The molecule has 0 fully saturated rings. The maximum absolute atomic E-state index is 10.5. The first-order chi connectivity index (χ1) is 9.32. The summed E-state index contributed by atoms with van der Waals surface area (Å²) in [4.78, 5) is 0. The molecule has 1 atom stereocenters. The van der Waals surface area contributed by atoms with Crippen molar-refractivity contribution in [2.75, 3.05) is 0 Å². The minimum atomic E-state index is -0.623. The van der Waals surface area contributed by atoms with E-state index in [1.54, 1.807) is 4.68 Å². The SMILES string of the molecule is CCc1cc(C(O)c2ccc(C(C)(C)C)cc2)n(C)n1. The lowest BCUT2D eigenvalue weighted by atomic mass is 9.86. The summed E-state index contributed by atoms with van der Waals surface area (Å²) in [5, 5.41) is 14.9. The van der Waals surface area contributed by atoms with E-state index in [-0.39, 0.29) is 5.41 Å². The van der Waals surface area contributed by atoms with E-state index in [2.05, 4.69) is 44.9 Å². The van der Waals surface area contributed by atoms with Crippen LogP contribution < -0.4 is 0 Å². The van der Waals surface area contributed by atoms with Gasteiger partial charge in [0, 0.05) is 7.05 Å². The standard InChI is InChI=1S/C17H24N2O/c1-6-14-11-15(19(5)18-14)16(20)12-7-9-13(10-8-12)17(2,3)4/h7-11,16,20H,6H2,1-5H3. The zero-order valence-corrected chi connectivity index (χ0v) is 13.0. The van der Waals surface area contributed by atoms with E-state index in [0.29, 0.717) is 0 Å². The highest BCUT2D eigenvalue weighted by atomic mass is 16.3. The van der Waals surface area contributed by atoms with Gasteiger partial charge in [0.25, 0.3) is 0 Å². The number of aryl methyl sites for hydroxylation is 2. The topological polar surface area (TPSA) is 38.0 Å². The van der Waals surface area contributed by atoms with Crippen molar-refractivity contribution in [3.05, 3.63) is 52.8 Å². The Morgan fingerprint density at radius 2 is 1.80 bits per heavy atom. The third-order valence-corrected chi connectivity index (χ3v) is 3.70. The third-order valence-electron chi connectivity index (χ3n) is 3.70. The van der Waals surface area contributed by atoms with Crippen LogP contribution in [0.2, 0.25) is 0 Å².